The summed E-state index contributed by atoms with van der Waals surface area (Å²) in [6.45, 7) is 0. The van der Waals surface area contributed by atoms with Crippen LogP contribution in [0.25, 0.3) is 0 Å². The molecule has 0 aliphatic carbocycles. The van der Waals surface area contributed by atoms with Gasteiger partial charge in [0.15, 0.2) is 9.84 Å². The smallest absolute Gasteiger partial charge is 0.239 e. The zero-order valence-electron chi connectivity index (χ0n) is 13.1. The lowest BCUT2D eigenvalue weighted by Gasteiger charge is -2.08. The molecule has 0 saturated carbocycles. The minimum atomic E-state index is -4.17. The molecule has 0 bridgehead atoms. The summed E-state index contributed by atoms with van der Waals surface area (Å²) >= 11 is 0. The predicted octanol–water partition coefficient (Wildman–Crippen LogP) is 2.10. The van der Waals surface area contributed by atoms with E-state index in [2.05, 4.69) is 5.32 Å². The van der Waals surface area contributed by atoms with E-state index < -0.39 is 56.3 Å². The summed E-state index contributed by atoms with van der Waals surface area (Å²) in [4.78, 5) is 23.4. The second-order valence-corrected chi connectivity index (χ2v) is 7.32. The molecule has 2 aromatic rings. The predicted molar refractivity (Wildman–Crippen MR) is 88.7 cm³/mol. The Balaban J connectivity index is 1.94. The summed E-state index contributed by atoms with van der Waals surface area (Å²) in [5.41, 5.74) is -0.334. The molecule has 2 aromatic carbocycles. The van der Waals surface area contributed by atoms with Crippen molar-refractivity contribution in [1.29, 1.82) is 0 Å². The van der Waals surface area contributed by atoms with Crippen LogP contribution in [0, 0.1) is 17.5 Å². The fraction of sp³-hybridized carbons (Fsp3) is 0.125. The summed E-state index contributed by atoms with van der Waals surface area (Å²) < 4.78 is 63.0. The van der Waals surface area contributed by atoms with Crippen molar-refractivity contribution in [3.05, 3.63) is 59.9 Å². The number of rotatable bonds is 6. The molecule has 6 nitrogen and oxygen atoms in total. The van der Waals surface area contributed by atoms with Gasteiger partial charge in [-0.1, -0.05) is 0 Å². The van der Waals surface area contributed by atoms with Crippen molar-refractivity contribution in [2.75, 3.05) is 22.1 Å². The zero-order chi connectivity index (χ0) is 19.3. The van der Waals surface area contributed by atoms with Crippen molar-refractivity contribution in [1.82, 2.24) is 0 Å². The van der Waals surface area contributed by atoms with Gasteiger partial charge in [0.2, 0.25) is 11.8 Å². The normalized spacial score (nSPS) is 11.0. The lowest BCUT2D eigenvalue weighted by molar-refractivity contribution is -0.114. The monoisotopic (exact) mass is 386 g/mol. The Labute approximate surface area is 146 Å². The molecule has 2 rings (SSSR count). The van der Waals surface area contributed by atoms with Gasteiger partial charge >= 0.3 is 0 Å². The molecule has 0 heterocycles. The Morgan fingerprint density at radius 1 is 0.808 bits per heavy atom. The summed E-state index contributed by atoms with van der Waals surface area (Å²) in [6.07, 6.45) is 0. The Bertz CT molecular complexity index is 931. The van der Waals surface area contributed by atoms with Crippen LogP contribution in [0.5, 0.6) is 0 Å². The highest BCUT2D eigenvalue weighted by molar-refractivity contribution is 7.92. The van der Waals surface area contributed by atoms with E-state index >= 15 is 0 Å². The topological polar surface area (TPSA) is 92.3 Å². The second kappa shape index (κ2) is 8.00. The summed E-state index contributed by atoms with van der Waals surface area (Å²) in [7, 11) is -4.17. The van der Waals surface area contributed by atoms with E-state index in [1.807, 2.05) is 5.32 Å². The molecule has 0 saturated heterocycles. The highest BCUT2D eigenvalue weighted by Gasteiger charge is 2.22. The Morgan fingerprint density at radius 2 is 1.35 bits per heavy atom. The van der Waals surface area contributed by atoms with Crippen LogP contribution in [0.15, 0.2) is 42.5 Å². The Morgan fingerprint density at radius 3 is 1.96 bits per heavy atom. The third-order valence-corrected chi connectivity index (χ3v) is 4.44. The molecule has 0 unspecified atom stereocenters. The standard InChI is InChI=1S/C16H13F3N2O4S/c17-10-1-4-12(5-2-10)20-15(22)8-26(24,25)9-16(23)21-14-7-11(18)3-6-13(14)19/h1-7H,8-9H2,(H,20,22)(H,21,23). The maximum absolute atomic E-state index is 13.4. The molecular weight excluding hydrogens is 373 g/mol. The molecule has 0 spiro atoms. The van der Waals surface area contributed by atoms with Crippen LogP contribution in [0.1, 0.15) is 0 Å². The number of carbonyl (C=O) groups excluding carboxylic acids is 2. The van der Waals surface area contributed by atoms with Crippen LogP contribution in [0.4, 0.5) is 24.5 Å². The van der Waals surface area contributed by atoms with Gasteiger partial charge in [-0.3, -0.25) is 9.59 Å². The van der Waals surface area contributed by atoms with Crippen LogP contribution in [0.3, 0.4) is 0 Å². The molecular formula is C16H13F3N2O4S. The summed E-state index contributed by atoms with van der Waals surface area (Å²) in [5, 5.41) is 4.17. The molecule has 2 N–H and O–H groups in total. The fourth-order valence-electron chi connectivity index (χ4n) is 1.96. The number of nitrogens with one attached hydrogen (secondary N) is 2. The lowest BCUT2D eigenvalue weighted by Crippen LogP contribution is -2.30. The minimum absolute atomic E-state index is 0.179. The van der Waals surface area contributed by atoms with E-state index in [4.69, 9.17) is 0 Å². The average molecular weight is 386 g/mol. The number of hydrogen-bond acceptors (Lipinski definition) is 4. The van der Waals surface area contributed by atoms with Gasteiger partial charge < -0.3 is 10.6 Å². The first-order valence-electron chi connectivity index (χ1n) is 7.15. The number of amides is 2. The van der Waals surface area contributed by atoms with Crippen molar-refractivity contribution >= 4 is 33.0 Å². The molecule has 0 fully saturated rings. The highest BCUT2D eigenvalue weighted by atomic mass is 32.2. The third-order valence-electron chi connectivity index (χ3n) is 3.03. The molecule has 2 amide bonds. The second-order valence-electron chi connectivity index (χ2n) is 5.26. The molecule has 0 radical (unpaired) electrons. The van der Waals surface area contributed by atoms with Crippen LogP contribution in [-0.4, -0.2) is 31.7 Å². The van der Waals surface area contributed by atoms with Crippen molar-refractivity contribution in [2.45, 2.75) is 0 Å². The maximum atomic E-state index is 13.4. The molecule has 0 atom stereocenters. The molecule has 138 valence electrons. The number of sulfone groups is 1. The van der Waals surface area contributed by atoms with Crippen LogP contribution in [0.2, 0.25) is 0 Å². The average Bonchev–Trinajstić information content (AvgIpc) is 2.52. The fourth-order valence-corrected chi connectivity index (χ4v) is 3.01. The van der Waals surface area contributed by atoms with Gasteiger partial charge in [0.25, 0.3) is 0 Å². The first-order chi connectivity index (χ1) is 12.1. The van der Waals surface area contributed by atoms with Crippen LogP contribution in [-0.2, 0) is 19.4 Å². The van der Waals surface area contributed by atoms with E-state index in [-0.39, 0.29) is 5.69 Å². The van der Waals surface area contributed by atoms with Gasteiger partial charge in [-0.25, -0.2) is 21.6 Å². The van der Waals surface area contributed by atoms with Gasteiger partial charge in [0.1, 0.15) is 29.0 Å². The molecule has 0 aromatic heterocycles. The van der Waals surface area contributed by atoms with Gasteiger partial charge in [-0.15, -0.1) is 0 Å². The molecule has 0 aliphatic rings. The first kappa shape index (κ1) is 19.4. The molecule has 0 aliphatic heterocycles. The quantitative estimate of drug-likeness (QED) is 0.795. The van der Waals surface area contributed by atoms with Gasteiger partial charge in [0.05, 0.1) is 5.69 Å². The molecule has 10 heteroatoms. The van der Waals surface area contributed by atoms with E-state index in [0.29, 0.717) is 6.07 Å². The zero-order valence-corrected chi connectivity index (χ0v) is 13.9. The van der Waals surface area contributed by atoms with Gasteiger partial charge in [-0.2, -0.15) is 0 Å². The Kier molecular flexibility index (Phi) is 5.98. The van der Waals surface area contributed by atoms with Gasteiger partial charge in [-0.05, 0) is 36.4 Å². The van der Waals surface area contributed by atoms with E-state index in [1.165, 1.54) is 12.1 Å². The van der Waals surface area contributed by atoms with E-state index in [0.717, 1.165) is 24.3 Å². The lowest BCUT2D eigenvalue weighted by atomic mass is 10.3. The van der Waals surface area contributed by atoms with Crippen LogP contribution < -0.4 is 10.6 Å². The largest absolute Gasteiger partial charge is 0.325 e. The number of hydrogen-bond donors (Lipinski definition) is 2. The van der Waals surface area contributed by atoms with E-state index in [1.54, 1.807) is 0 Å². The maximum Gasteiger partial charge on any atom is 0.239 e. The van der Waals surface area contributed by atoms with Gasteiger partial charge in [0, 0.05) is 11.8 Å². The highest BCUT2D eigenvalue weighted by Crippen LogP contribution is 2.15. The van der Waals surface area contributed by atoms with Crippen LogP contribution >= 0.6 is 0 Å². The number of halogens is 3. The number of anilines is 2. The Hall–Kier alpha value is -2.88. The van der Waals surface area contributed by atoms with Crippen molar-refractivity contribution < 1.29 is 31.2 Å². The SMILES string of the molecule is O=C(CS(=O)(=O)CC(=O)Nc1cc(F)ccc1F)Nc1ccc(F)cc1. The van der Waals surface area contributed by atoms with Crippen molar-refractivity contribution in [3.8, 4) is 0 Å². The third kappa shape index (κ3) is 5.88. The summed E-state index contributed by atoms with van der Waals surface area (Å²) in [6, 6.07) is 6.92. The van der Waals surface area contributed by atoms with Crippen molar-refractivity contribution in [2.24, 2.45) is 0 Å². The number of benzene rings is 2. The number of carbonyl (C=O) groups is 2. The summed E-state index contributed by atoms with van der Waals surface area (Å²) in [5.74, 6) is -6.44. The minimum Gasteiger partial charge on any atom is -0.325 e. The first-order valence-corrected chi connectivity index (χ1v) is 8.97. The molecule has 26 heavy (non-hydrogen) atoms. The van der Waals surface area contributed by atoms with E-state index in [9.17, 15) is 31.2 Å². The van der Waals surface area contributed by atoms with Crippen molar-refractivity contribution in [3.63, 3.8) is 0 Å².